The van der Waals surface area contributed by atoms with Gasteiger partial charge in [0.25, 0.3) is 5.91 Å². The van der Waals surface area contributed by atoms with E-state index in [-0.39, 0.29) is 24.5 Å². The van der Waals surface area contributed by atoms with Crippen molar-refractivity contribution in [3.63, 3.8) is 0 Å². The Bertz CT molecular complexity index is 972. The Hall–Kier alpha value is -3.21. The van der Waals surface area contributed by atoms with Gasteiger partial charge in [-0.05, 0) is 34.0 Å². The van der Waals surface area contributed by atoms with Gasteiger partial charge in [-0.2, -0.15) is 0 Å². The van der Waals surface area contributed by atoms with Crippen molar-refractivity contribution in [3.8, 4) is 0 Å². The number of carbonyl (C=O) groups excluding carboxylic acids is 3. The highest BCUT2D eigenvalue weighted by atomic mass is 16.2. The maximum atomic E-state index is 13.1. The van der Waals surface area contributed by atoms with E-state index >= 15 is 0 Å². The van der Waals surface area contributed by atoms with E-state index in [0.29, 0.717) is 12.0 Å². The number of benzene rings is 3. The maximum absolute atomic E-state index is 13.1. The van der Waals surface area contributed by atoms with Crippen molar-refractivity contribution < 1.29 is 14.4 Å². The first-order valence-corrected chi connectivity index (χ1v) is 9.03. The van der Waals surface area contributed by atoms with Crippen molar-refractivity contribution in [2.45, 2.75) is 32.2 Å². The lowest BCUT2D eigenvalue weighted by atomic mass is 9.96. The summed E-state index contributed by atoms with van der Waals surface area (Å²) in [7, 11) is 0. The van der Waals surface area contributed by atoms with Crippen LogP contribution in [0.3, 0.4) is 0 Å². The van der Waals surface area contributed by atoms with Crippen LogP contribution in [0.1, 0.15) is 36.5 Å². The van der Waals surface area contributed by atoms with Crippen molar-refractivity contribution in [1.82, 2.24) is 5.32 Å². The Kier molecular flexibility index (Phi) is 5.50. The number of carbonyl (C=O) groups is 3. The Balaban J connectivity index is 2.00. The second kappa shape index (κ2) is 7.99. The second-order valence-electron chi connectivity index (χ2n) is 6.55. The van der Waals surface area contributed by atoms with Crippen LogP contribution < -0.4 is 11.1 Å². The molecule has 0 aliphatic rings. The summed E-state index contributed by atoms with van der Waals surface area (Å²) >= 11 is 0. The molecule has 1 atom stereocenters. The quantitative estimate of drug-likeness (QED) is 0.632. The molecule has 5 heteroatoms. The third-order valence-electron chi connectivity index (χ3n) is 4.75. The van der Waals surface area contributed by atoms with Gasteiger partial charge in [0, 0.05) is 12.8 Å². The van der Waals surface area contributed by atoms with E-state index in [9.17, 15) is 14.4 Å². The van der Waals surface area contributed by atoms with Gasteiger partial charge in [-0.3, -0.25) is 14.4 Å². The van der Waals surface area contributed by atoms with Crippen LogP contribution in [0, 0.1) is 0 Å². The molecule has 3 aromatic carbocycles. The number of nitrogens with one attached hydrogen (secondary N) is 1. The van der Waals surface area contributed by atoms with E-state index in [2.05, 4.69) is 5.32 Å². The van der Waals surface area contributed by atoms with Gasteiger partial charge < -0.3 is 11.1 Å². The minimum atomic E-state index is -0.884. The number of Topliss-reactive ketones (excluding diaryl/α,β-unsaturated/α-hetero) is 1. The molecule has 2 amide bonds. The first kappa shape index (κ1) is 18.6. The zero-order chi connectivity index (χ0) is 19.4. The molecule has 0 fully saturated rings. The Morgan fingerprint density at radius 1 is 0.963 bits per heavy atom. The maximum Gasteiger partial charge on any atom is 0.253 e. The van der Waals surface area contributed by atoms with Gasteiger partial charge in [-0.1, -0.05) is 55.5 Å². The molecular weight excluding hydrogens is 340 g/mol. The first-order chi connectivity index (χ1) is 13.0. The van der Waals surface area contributed by atoms with E-state index in [4.69, 9.17) is 5.73 Å². The molecule has 3 rings (SSSR count). The summed E-state index contributed by atoms with van der Waals surface area (Å²) in [5.41, 5.74) is 5.96. The molecule has 0 saturated heterocycles. The fourth-order valence-corrected chi connectivity index (χ4v) is 3.26. The minimum Gasteiger partial charge on any atom is -0.368 e. The molecule has 0 saturated carbocycles. The fourth-order valence-electron chi connectivity index (χ4n) is 3.26. The summed E-state index contributed by atoms with van der Waals surface area (Å²) in [5.74, 6) is -0.973. The number of nitrogens with two attached hydrogens (primary N) is 1. The highest BCUT2D eigenvalue weighted by Crippen LogP contribution is 2.28. The molecule has 0 heterocycles. The number of hydrogen-bond acceptors (Lipinski definition) is 3. The molecule has 0 aromatic heterocycles. The van der Waals surface area contributed by atoms with Crippen LogP contribution in [0.5, 0.6) is 0 Å². The Labute approximate surface area is 157 Å². The highest BCUT2D eigenvalue weighted by Gasteiger charge is 2.22. The zero-order valence-electron chi connectivity index (χ0n) is 15.2. The lowest BCUT2D eigenvalue weighted by Crippen LogP contribution is -2.44. The molecule has 27 heavy (non-hydrogen) atoms. The molecule has 0 aliphatic heterocycles. The molecule has 0 bridgehead atoms. The Morgan fingerprint density at radius 3 is 2.04 bits per heavy atom. The van der Waals surface area contributed by atoms with Crippen LogP contribution in [-0.2, 0) is 9.59 Å². The van der Waals surface area contributed by atoms with Crippen LogP contribution in [0.25, 0.3) is 21.5 Å². The molecule has 0 unspecified atom stereocenters. The zero-order valence-corrected chi connectivity index (χ0v) is 15.2. The SMILES string of the molecule is CCC(=O)CC[C@@H](NC(=O)c1c2ccccc2cc2ccccc12)C(N)=O. The third-order valence-corrected chi connectivity index (χ3v) is 4.75. The average molecular weight is 362 g/mol. The van der Waals surface area contributed by atoms with Crippen LogP contribution >= 0.6 is 0 Å². The van der Waals surface area contributed by atoms with Gasteiger partial charge in [0.2, 0.25) is 5.91 Å². The minimum absolute atomic E-state index is 0.0334. The summed E-state index contributed by atoms with van der Waals surface area (Å²) in [5, 5.41) is 6.23. The van der Waals surface area contributed by atoms with Gasteiger partial charge in [0.1, 0.15) is 11.8 Å². The van der Waals surface area contributed by atoms with Crippen LogP contribution in [0.4, 0.5) is 0 Å². The van der Waals surface area contributed by atoms with Gasteiger partial charge in [-0.15, -0.1) is 0 Å². The summed E-state index contributed by atoms with van der Waals surface area (Å²) in [6, 6.07) is 16.4. The van der Waals surface area contributed by atoms with Crippen molar-refractivity contribution >= 4 is 39.1 Å². The van der Waals surface area contributed by atoms with Gasteiger partial charge >= 0.3 is 0 Å². The van der Waals surface area contributed by atoms with E-state index in [1.807, 2.05) is 54.6 Å². The number of primary amides is 1. The monoisotopic (exact) mass is 362 g/mol. The standard InChI is InChI=1S/C22H22N2O3/c1-2-16(25)11-12-19(21(23)26)24-22(27)20-17-9-5-3-7-14(17)13-15-8-4-6-10-18(15)20/h3-10,13,19H,2,11-12H2,1H3,(H2,23,26)(H,24,27)/t19-/m1/s1. The van der Waals surface area contributed by atoms with E-state index in [0.717, 1.165) is 21.5 Å². The number of ketones is 1. The number of hydrogen-bond donors (Lipinski definition) is 2. The fraction of sp³-hybridized carbons (Fsp3) is 0.227. The molecular formula is C22H22N2O3. The van der Waals surface area contributed by atoms with Crippen molar-refractivity contribution in [2.24, 2.45) is 5.73 Å². The van der Waals surface area contributed by atoms with E-state index < -0.39 is 11.9 Å². The number of fused-ring (bicyclic) bond motifs is 2. The summed E-state index contributed by atoms with van der Waals surface area (Å²) < 4.78 is 0. The largest absolute Gasteiger partial charge is 0.368 e. The highest BCUT2D eigenvalue weighted by molar-refractivity contribution is 6.18. The van der Waals surface area contributed by atoms with Gasteiger partial charge in [0.15, 0.2) is 0 Å². The molecule has 3 aromatic rings. The molecule has 0 radical (unpaired) electrons. The molecule has 138 valence electrons. The molecule has 0 aliphatic carbocycles. The summed E-state index contributed by atoms with van der Waals surface area (Å²) in [6.07, 6.45) is 0.810. The number of rotatable bonds is 7. The number of amides is 2. The third kappa shape index (κ3) is 3.97. The lowest BCUT2D eigenvalue weighted by Gasteiger charge is -2.17. The topological polar surface area (TPSA) is 89.3 Å². The predicted molar refractivity (Wildman–Crippen MR) is 106 cm³/mol. The van der Waals surface area contributed by atoms with Crippen LogP contribution in [0.2, 0.25) is 0 Å². The smallest absolute Gasteiger partial charge is 0.253 e. The molecule has 0 spiro atoms. The first-order valence-electron chi connectivity index (χ1n) is 9.03. The van der Waals surface area contributed by atoms with E-state index in [1.54, 1.807) is 6.92 Å². The van der Waals surface area contributed by atoms with Crippen molar-refractivity contribution in [1.29, 1.82) is 0 Å². The normalized spacial score (nSPS) is 12.0. The average Bonchev–Trinajstić information content (AvgIpc) is 2.68. The predicted octanol–water partition coefficient (Wildman–Crippen LogP) is 3.34. The van der Waals surface area contributed by atoms with Gasteiger partial charge in [-0.25, -0.2) is 0 Å². The summed E-state index contributed by atoms with van der Waals surface area (Å²) in [6.45, 7) is 1.77. The van der Waals surface area contributed by atoms with Crippen LogP contribution in [0.15, 0.2) is 54.6 Å². The Morgan fingerprint density at radius 2 is 1.52 bits per heavy atom. The van der Waals surface area contributed by atoms with Crippen LogP contribution in [-0.4, -0.2) is 23.6 Å². The second-order valence-corrected chi connectivity index (χ2v) is 6.55. The summed E-state index contributed by atoms with van der Waals surface area (Å²) in [4.78, 5) is 36.5. The van der Waals surface area contributed by atoms with Crippen molar-refractivity contribution in [3.05, 3.63) is 60.2 Å². The lowest BCUT2D eigenvalue weighted by molar-refractivity contribution is -0.121. The van der Waals surface area contributed by atoms with E-state index in [1.165, 1.54) is 0 Å². The van der Waals surface area contributed by atoms with Crippen molar-refractivity contribution in [2.75, 3.05) is 0 Å². The molecule has 5 nitrogen and oxygen atoms in total. The molecule has 3 N–H and O–H groups in total. The van der Waals surface area contributed by atoms with Gasteiger partial charge in [0.05, 0.1) is 5.56 Å².